The van der Waals surface area contributed by atoms with Gasteiger partial charge in [0.25, 0.3) is 0 Å². The Balaban J connectivity index is 1.92. The Labute approximate surface area is 141 Å². The second-order valence-corrected chi connectivity index (χ2v) is 7.56. The average Bonchev–Trinajstić information content (AvgIpc) is 2.97. The highest BCUT2D eigenvalue weighted by molar-refractivity contribution is 7.15. The summed E-state index contributed by atoms with van der Waals surface area (Å²) >= 11 is 0.358. The van der Waals surface area contributed by atoms with Crippen molar-refractivity contribution in [1.29, 1.82) is 0 Å². The summed E-state index contributed by atoms with van der Waals surface area (Å²) < 4.78 is 66.9. The molecule has 24 heavy (non-hydrogen) atoms. The molecular weight excluding hydrogens is 343 g/mol. The summed E-state index contributed by atoms with van der Waals surface area (Å²) in [6.45, 7) is 2.16. The highest BCUT2D eigenvalue weighted by atomic mass is 32.1. The first-order valence-corrected chi connectivity index (χ1v) is 8.73. The van der Waals surface area contributed by atoms with Gasteiger partial charge in [-0.05, 0) is 54.5 Å². The molecule has 2 aromatic rings. The smallest absolute Gasteiger partial charge is 0.206 e. The van der Waals surface area contributed by atoms with E-state index in [4.69, 9.17) is 0 Å². The molecule has 1 fully saturated rings. The number of rotatable bonds is 2. The maximum Gasteiger partial charge on any atom is 0.425 e. The second-order valence-electron chi connectivity index (χ2n) is 6.48. The topological polar surface area (TPSA) is 0 Å². The molecule has 6 heteroatoms. The van der Waals surface area contributed by atoms with Gasteiger partial charge in [0, 0.05) is 4.88 Å². The molecule has 0 atom stereocenters. The summed E-state index contributed by atoms with van der Waals surface area (Å²) in [7, 11) is 0. The first-order chi connectivity index (χ1) is 11.3. The maximum absolute atomic E-state index is 14.4. The van der Waals surface area contributed by atoms with Crippen LogP contribution in [0.4, 0.5) is 22.0 Å². The fraction of sp³-hybridized carbons (Fsp3) is 0.444. The minimum atomic E-state index is -4.51. The van der Waals surface area contributed by atoms with E-state index in [1.54, 1.807) is 0 Å². The van der Waals surface area contributed by atoms with Gasteiger partial charge in [-0.2, -0.15) is 13.2 Å². The number of alkyl halides is 3. The molecule has 130 valence electrons. The normalized spacial score (nSPS) is 21.9. The third-order valence-corrected chi connectivity index (χ3v) is 5.83. The van der Waals surface area contributed by atoms with E-state index in [-0.39, 0.29) is 16.4 Å². The SMILES string of the molecule is CC1CCC(c2cc(F)c(-c3ccc(C(F)(F)F)s3)c(F)c2)CC1. The van der Waals surface area contributed by atoms with Crippen molar-refractivity contribution in [2.24, 2.45) is 5.92 Å². The van der Waals surface area contributed by atoms with Gasteiger partial charge >= 0.3 is 6.18 Å². The third kappa shape index (κ3) is 3.48. The van der Waals surface area contributed by atoms with Crippen molar-refractivity contribution >= 4 is 11.3 Å². The molecule has 0 aliphatic heterocycles. The number of halogens is 5. The van der Waals surface area contributed by atoms with Crippen molar-refractivity contribution in [2.45, 2.75) is 44.7 Å². The summed E-state index contributed by atoms with van der Waals surface area (Å²) in [5.41, 5.74) is 0.233. The Kier molecular flexibility index (Phi) is 4.69. The fourth-order valence-corrected chi connectivity index (χ4v) is 4.20. The Bertz CT molecular complexity index is 700. The van der Waals surface area contributed by atoms with Crippen LogP contribution in [0.15, 0.2) is 24.3 Å². The molecule has 0 radical (unpaired) electrons. The van der Waals surface area contributed by atoms with Crippen molar-refractivity contribution in [3.8, 4) is 10.4 Å². The molecule has 1 aromatic carbocycles. The van der Waals surface area contributed by atoms with Crippen molar-refractivity contribution < 1.29 is 22.0 Å². The van der Waals surface area contributed by atoms with Crippen molar-refractivity contribution in [3.05, 3.63) is 46.3 Å². The van der Waals surface area contributed by atoms with Gasteiger partial charge < -0.3 is 0 Å². The summed E-state index contributed by atoms with van der Waals surface area (Å²) in [6, 6.07) is 4.55. The Morgan fingerprint density at radius 2 is 1.54 bits per heavy atom. The van der Waals surface area contributed by atoms with Gasteiger partial charge in [-0.1, -0.05) is 19.8 Å². The van der Waals surface area contributed by atoms with E-state index in [1.807, 2.05) is 0 Å². The monoisotopic (exact) mass is 360 g/mol. The van der Waals surface area contributed by atoms with E-state index in [2.05, 4.69) is 6.92 Å². The minimum absolute atomic E-state index is 0.0406. The van der Waals surface area contributed by atoms with Crippen LogP contribution in [0.5, 0.6) is 0 Å². The highest BCUT2D eigenvalue weighted by Gasteiger charge is 2.33. The van der Waals surface area contributed by atoms with Crippen molar-refractivity contribution in [2.75, 3.05) is 0 Å². The van der Waals surface area contributed by atoms with Crippen molar-refractivity contribution in [1.82, 2.24) is 0 Å². The van der Waals surface area contributed by atoms with E-state index < -0.39 is 22.7 Å². The van der Waals surface area contributed by atoms with Crippen molar-refractivity contribution in [3.63, 3.8) is 0 Å². The Morgan fingerprint density at radius 3 is 2.04 bits per heavy atom. The van der Waals surface area contributed by atoms with Crippen LogP contribution in [0.3, 0.4) is 0 Å². The van der Waals surface area contributed by atoms with E-state index in [1.165, 1.54) is 12.1 Å². The molecule has 1 aliphatic rings. The van der Waals surface area contributed by atoms with Gasteiger partial charge in [-0.3, -0.25) is 0 Å². The number of benzene rings is 1. The fourth-order valence-electron chi connectivity index (χ4n) is 3.28. The standard InChI is InChI=1S/C18H17F5S/c1-10-2-4-11(5-3-10)12-8-13(19)17(14(20)9-12)15-6-7-16(24-15)18(21,22)23/h6-11H,2-5H2,1H3. The third-order valence-electron chi connectivity index (χ3n) is 4.68. The van der Waals surface area contributed by atoms with Crippen LogP contribution in [0.25, 0.3) is 10.4 Å². The van der Waals surface area contributed by atoms with Gasteiger partial charge in [0.1, 0.15) is 16.5 Å². The predicted octanol–water partition coefficient (Wildman–Crippen LogP) is 7.01. The molecule has 1 saturated carbocycles. The summed E-state index contributed by atoms with van der Waals surface area (Å²) in [6.07, 6.45) is -0.688. The lowest BCUT2D eigenvalue weighted by Crippen LogP contribution is -2.11. The summed E-state index contributed by atoms with van der Waals surface area (Å²) in [5, 5.41) is 0. The molecule has 0 spiro atoms. The van der Waals surface area contributed by atoms with Crippen LogP contribution < -0.4 is 0 Å². The minimum Gasteiger partial charge on any atom is -0.206 e. The quantitative estimate of drug-likeness (QED) is 0.506. The predicted molar refractivity (Wildman–Crippen MR) is 85.0 cm³/mol. The molecule has 0 amide bonds. The van der Waals surface area contributed by atoms with E-state index in [0.717, 1.165) is 37.8 Å². The molecule has 1 aliphatic carbocycles. The van der Waals surface area contributed by atoms with Gasteiger partial charge in [-0.25, -0.2) is 8.78 Å². The van der Waals surface area contributed by atoms with E-state index in [0.29, 0.717) is 22.8 Å². The van der Waals surface area contributed by atoms with E-state index >= 15 is 0 Å². The average molecular weight is 360 g/mol. The first-order valence-electron chi connectivity index (χ1n) is 7.92. The molecule has 0 N–H and O–H groups in total. The molecule has 0 saturated heterocycles. The van der Waals surface area contributed by atoms with Gasteiger partial charge in [-0.15, -0.1) is 11.3 Å². The van der Waals surface area contributed by atoms with Crippen LogP contribution in [0.2, 0.25) is 0 Å². The zero-order valence-electron chi connectivity index (χ0n) is 13.1. The Hall–Kier alpha value is -1.43. The molecule has 0 nitrogen and oxygen atoms in total. The second kappa shape index (κ2) is 6.47. The lowest BCUT2D eigenvalue weighted by Gasteiger charge is -2.26. The van der Waals surface area contributed by atoms with Crippen LogP contribution in [-0.2, 0) is 6.18 Å². The lowest BCUT2D eigenvalue weighted by atomic mass is 9.79. The van der Waals surface area contributed by atoms with Gasteiger partial charge in [0.15, 0.2) is 0 Å². The number of hydrogen-bond donors (Lipinski definition) is 0. The first kappa shape index (κ1) is 17.4. The Morgan fingerprint density at radius 1 is 0.958 bits per heavy atom. The zero-order chi connectivity index (χ0) is 17.5. The maximum atomic E-state index is 14.4. The highest BCUT2D eigenvalue weighted by Crippen LogP contribution is 2.42. The van der Waals surface area contributed by atoms with Gasteiger partial charge in [0.05, 0.1) is 5.56 Å². The van der Waals surface area contributed by atoms with Gasteiger partial charge in [0.2, 0.25) is 0 Å². The molecule has 0 bridgehead atoms. The van der Waals surface area contributed by atoms with Crippen LogP contribution in [0.1, 0.15) is 49.0 Å². The largest absolute Gasteiger partial charge is 0.425 e. The van der Waals surface area contributed by atoms with Crippen LogP contribution >= 0.6 is 11.3 Å². The zero-order valence-corrected chi connectivity index (χ0v) is 13.9. The lowest BCUT2D eigenvalue weighted by molar-refractivity contribution is -0.134. The number of thiophene rings is 1. The molecule has 1 aromatic heterocycles. The molecule has 3 rings (SSSR count). The van der Waals surface area contributed by atoms with E-state index in [9.17, 15) is 22.0 Å². The molecule has 1 heterocycles. The van der Waals surface area contributed by atoms with Crippen LogP contribution in [-0.4, -0.2) is 0 Å². The molecule has 0 unspecified atom stereocenters. The van der Waals surface area contributed by atoms with Crippen LogP contribution in [0, 0.1) is 17.6 Å². The number of hydrogen-bond acceptors (Lipinski definition) is 1. The summed E-state index contributed by atoms with van der Waals surface area (Å²) in [4.78, 5) is -0.900. The molecular formula is C18H17F5S. The summed E-state index contributed by atoms with van der Waals surface area (Å²) in [5.74, 6) is -0.839.